The molecule has 1 amide bonds. The summed E-state index contributed by atoms with van der Waals surface area (Å²) in [5, 5.41) is 3.01. The molecule has 116 valence electrons. The predicted octanol–water partition coefficient (Wildman–Crippen LogP) is 3.86. The zero-order chi connectivity index (χ0) is 15.9. The molecule has 0 saturated carbocycles. The maximum atomic E-state index is 12.2. The Morgan fingerprint density at radius 1 is 1.18 bits per heavy atom. The first-order chi connectivity index (χ1) is 10.6. The molecule has 1 N–H and O–H groups in total. The summed E-state index contributed by atoms with van der Waals surface area (Å²) in [4.78, 5) is 14.5. The summed E-state index contributed by atoms with van der Waals surface area (Å²) in [5.41, 5.74) is 3.10. The number of hydrogen-bond acceptors (Lipinski definition) is 2. The molecular weight excluding hydrogens is 387 g/mol. The normalized spacial score (nSPS) is 10.3. The molecule has 22 heavy (non-hydrogen) atoms. The molecule has 0 atom stereocenters. The van der Waals surface area contributed by atoms with Crippen LogP contribution in [0.5, 0.6) is 0 Å². The molecule has 4 heteroatoms. The van der Waals surface area contributed by atoms with Crippen molar-refractivity contribution in [3.63, 3.8) is 0 Å². The van der Waals surface area contributed by atoms with Crippen molar-refractivity contribution < 1.29 is 4.79 Å². The number of anilines is 1. The van der Waals surface area contributed by atoms with E-state index >= 15 is 0 Å². The van der Waals surface area contributed by atoms with Crippen LogP contribution in [-0.4, -0.2) is 25.5 Å². The molecule has 2 aromatic rings. The second kappa shape index (κ2) is 8.17. The summed E-state index contributed by atoms with van der Waals surface area (Å²) in [6, 6.07) is 16.1. The molecule has 0 aliphatic rings. The van der Waals surface area contributed by atoms with Crippen LogP contribution in [0.2, 0.25) is 0 Å². The van der Waals surface area contributed by atoms with E-state index in [4.69, 9.17) is 0 Å². The van der Waals surface area contributed by atoms with E-state index in [2.05, 4.69) is 51.9 Å². The van der Waals surface area contributed by atoms with Crippen LogP contribution in [0.3, 0.4) is 0 Å². The van der Waals surface area contributed by atoms with Gasteiger partial charge in [-0.15, -0.1) is 0 Å². The van der Waals surface area contributed by atoms with Crippen LogP contribution in [0.25, 0.3) is 0 Å². The zero-order valence-corrected chi connectivity index (χ0v) is 15.1. The Morgan fingerprint density at radius 2 is 1.91 bits per heavy atom. The van der Waals surface area contributed by atoms with Crippen molar-refractivity contribution in [1.29, 1.82) is 0 Å². The van der Waals surface area contributed by atoms with Gasteiger partial charge in [0.15, 0.2) is 0 Å². The van der Waals surface area contributed by atoms with E-state index in [1.807, 2.05) is 43.3 Å². The molecule has 0 unspecified atom stereocenters. The van der Waals surface area contributed by atoms with Crippen molar-refractivity contribution in [3.05, 3.63) is 63.2 Å². The van der Waals surface area contributed by atoms with E-state index in [1.165, 1.54) is 11.3 Å². The number of carbonyl (C=O) groups is 1. The third kappa shape index (κ3) is 4.47. The minimum absolute atomic E-state index is 0.00600. The average molecular weight is 408 g/mol. The van der Waals surface area contributed by atoms with Crippen LogP contribution >= 0.6 is 22.6 Å². The van der Waals surface area contributed by atoms with Gasteiger partial charge in [-0.3, -0.25) is 4.79 Å². The Bertz CT molecular complexity index is 628. The van der Waals surface area contributed by atoms with Crippen molar-refractivity contribution in [2.24, 2.45) is 0 Å². The van der Waals surface area contributed by atoms with Gasteiger partial charge in [0.25, 0.3) is 5.91 Å². The summed E-state index contributed by atoms with van der Waals surface area (Å²) in [7, 11) is 0. The minimum atomic E-state index is -0.00600. The SMILES string of the molecule is CCN(CCNC(=O)c1ccc(C)cc1I)c1ccccc1. The third-order valence-corrected chi connectivity index (χ3v) is 4.43. The number of hydrogen-bond donors (Lipinski definition) is 1. The van der Waals surface area contributed by atoms with E-state index < -0.39 is 0 Å². The number of nitrogens with zero attached hydrogens (tertiary/aromatic N) is 1. The highest BCUT2D eigenvalue weighted by atomic mass is 127. The Kier molecular flexibility index (Phi) is 6.24. The number of halogens is 1. The molecule has 0 fully saturated rings. The van der Waals surface area contributed by atoms with Crippen LogP contribution in [-0.2, 0) is 0 Å². The lowest BCUT2D eigenvalue weighted by molar-refractivity contribution is 0.0953. The molecule has 0 saturated heterocycles. The maximum Gasteiger partial charge on any atom is 0.252 e. The number of rotatable bonds is 6. The van der Waals surface area contributed by atoms with E-state index in [1.54, 1.807) is 0 Å². The van der Waals surface area contributed by atoms with Gasteiger partial charge < -0.3 is 10.2 Å². The third-order valence-electron chi connectivity index (χ3n) is 3.54. The molecular formula is C18H21IN2O. The van der Waals surface area contributed by atoms with Gasteiger partial charge >= 0.3 is 0 Å². The molecule has 0 heterocycles. The Labute approximate surface area is 145 Å². The van der Waals surface area contributed by atoms with Crippen molar-refractivity contribution in [1.82, 2.24) is 5.32 Å². The van der Waals surface area contributed by atoms with Crippen LogP contribution in [0.15, 0.2) is 48.5 Å². The summed E-state index contributed by atoms with van der Waals surface area (Å²) in [6.45, 7) is 6.50. The van der Waals surface area contributed by atoms with Crippen LogP contribution in [0, 0.1) is 10.5 Å². The maximum absolute atomic E-state index is 12.2. The molecule has 0 aliphatic carbocycles. The number of carbonyl (C=O) groups excluding carboxylic acids is 1. The summed E-state index contributed by atoms with van der Waals surface area (Å²) in [5.74, 6) is -0.00600. The van der Waals surface area contributed by atoms with Gasteiger partial charge in [0.2, 0.25) is 0 Å². The van der Waals surface area contributed by atoms with Gasteiger partial charge in [0.05, 0.1) is 5.56 Å². The van der Waals surface area contributed by atoms with Crippen molar-refractivity contribution in [2.45, 2.75) is 13.8 Å². The zero-order valence-electron chi connectivity index (χ0n) is 13.0. The monoisotopic (exact) mass is 408 g/mol. The van der Waals surface area contributed by atoms with Crippen molar-refractivity contribution in [2.75, 3.05) is 24.5 Å². The second-order valence-electron chi connectivity index (χ2n) is 5.15. The predicted molar refractivity (Wildman–Crippen MR) is 101 cm³/mol. The number of aryl methyl sites for hydroxylation is 1. The topological polar surface area (TPSA) is 32.3 Å². The highest BCUT2D eigenvalue weighted by molar-refractivity contribution is 14.1. The summed E-state index contributed by atoms with van der Waals surface area (Å²) >= 11 is 2.21. The van der Waals surface area contributed by atoms with Crippen LogP contribution < -0.4 is 10.2 Å². The number of amides is 1. The standard InChI is InChI=1S/C18H21IN2O/c1-3-21(15-7-5-4-6-8-15)12-11-20-18(22)16-10-9-14(2)13-17(16)19/h4-10,13H,3,11-12H2,1-2H3,(H,20,22). The first-order valence-electron chi connectivity index (χ1n) is 7.46. The van der Waals surface area contributed by atoms with E-state index in [0.29, 0.717) is 6.54 Å². The molecule has 0 radical (unpaired) electrons. The van der Waals surface area contributed by atoms with Gasteiger partial charge in [-0.25, -0.2) is 0 Å². The molecule has 2 rings (SSSR count). The first kappa shape index (κ1) is 16.8. The lowest BCUT2D eigenvalue weighted by Gasteiger charge is -2.23. The van der Waals surface area contributed by atoms with E-state index in [0.717, 1.165) is 22.2 Å². The highest BCUT2D eigenvalue weighted by Gasteiger charge is 2.10. The largest absolute Gasteiger partial charge is 0.370 e. The fourth-order valence-corrected chi connectivity index (χ4v) is 3.23. The number of para-hydroxylation sites is 1. The minimum Gasteiger partial charge on any atom is -0.370 e. The Balaban J connectivity index is 1.91. The fourth-order valence-electron chi connectivity index (χ4n) is 2.31. The number of benzene rings is 2. The number of nitrogens with one attached hydrogen (secondary N) is 1. The first-order valence-corrected chi connectivity index (χ1v) is 8.54. The van der Waals surface area contributed by atoms with Crippen molar-refractivity contribution in [3.8, 4) is 0 Å². The van der Waals surface area contributed by atoms with Gasteiger partial charge in [0.1, 0.15) is 0 Å². The quantitative estimate of drug-likeness (QED) is 0.737. The summed E-state index contributed by atoms with van der Waals surface area (Å²) < 4.78 is 0.991. The van der Waals surface area contributed by atoms with Gasteiger partial charge in [0, 0.05) is 28.9 Å². The molecule has 0 aliphatic heterocycles. The van der Waals surface area contributed by atoms with Crippen LogP contribution in [0.1, 0.15) is 22.8 Å². The highest BCUT2D eigenvalue weighted by Crippen LogP contribution is 2.14. The summed E-state index contributed by atoms with van der Waals surface area (Å²) in [6.07, 6.45) is 0. The lowest BCUT2D eigenvalue weighted by Crippen LogP contribution is -2.35. The van der Waals surface area contributed by atoms with E-state index in [9.17, 15) is 4.79 Å². The van der Waals surface area contributed by atoms with Gasteiger partial charge in [-0.05, 0) is 60.7 Å². The molecule has 0 bridgehead atoms. The lowest BCUT2D eigenvalue weighted by atomic mass is 10.1. The molecule has 3 nitrogen and oxygen atoms in total. The Morgan fingerprint density at radius 3 is 2.55 bits per heavy atom. The Hall–Kier alpha value is -1.56. The second-order valence-corrected chi connectivity index (χ2v) is 6.32. The average Bonchev–Trinajstić information content (AvgIpc) is 2.52. The smallest absolute Gasteiger partial charge is 0.252 e. The van der Waals surface area contributed by atoms with Gasteiger partial charge in [-0.1, -0.05) is 29.8 Å². The molecule has 2 aromatic carbocycles. The van der Waals surface area contributed by atoms with Gasteiger partial charge in [-0.2, -0.15) is 0 Å². The van der Waals surface area contributed by atoms with Crippen molar-refractivity contribution >= 4 is 34.2 Å². The fraction of sp³-hybridized carbons (Fsp3) is 0.278. The van der Waals surface area contributed by atoms with Crippen LogP contribution in [0.4, 0.5) is 5.69 Å². The molecule has 0 spiro atoms. The van der Waals surface area contributed by atoms with E-state index in [-0.39, 0.29) is 5.91 Å². The molecule has 0 aromatic heterocycles. The number of likely N-dealkylation sites (N-methyl/N-ethyl adjacent to an activating group) is 1.